The SMILES string of the molecule is CC/C=C\C/C=C\C/C=C\C/C=C\C/C=C\C/C=C\CCC(=O)NCCCP(=O)(OC)OC(C)[C@H]1O[C@@H](n2ccc(N)nc2=O)C(F)(F)[C@@H]1O. The van der Waals surface area contributed by atoms with E-state index < -0.39 is 43.7 Å². The van der Waals surface area contributed by atoms with E-state index in [1.54, 1.807) is 0 Å². The van der Waals surface area contributed by atoms with E-state index in [1.807, 2.05) is 12.2 Å². The Labute approximate surface area is 294 Å². The molecule has 14 heteroatoms. The number of nitrogens with zero attached hydrogens (tertiary/aromatic N) is 2. The highest BCUT2D eigenvalue weighted by atomic mass is 31.2. The zero-order valence-corrected chi connectivity index (χ0v) is 30.1. The zero-order chi connectivity index (χ0) is 36.8. The summed E-state index contributed by atoms with van der Waals surface area (Å²) in [6.45, 7) is 3.63. The van der Waals surface area contributed by atoms with Gasteiger partial charge < -0.3 is 29.9 Å². The number of aromatic nitrogens is 2. The van der Waals surface area contributed by atoms with E-state index in [-0.39, 0.29) is 37.3 Å². The van der Waals surface area contributed by atoms with Crippen LogP contribution in [0.15, 0.2) is 90.0 Å². The first-order valence-electron chi connectivity index (χ1n) is 17.0. The topological polar surface area (TPSA) is 155 Å². The molecule has 2 rings (SSSR count). The van der Waals surface area contributed by atoms with Crippen molar-refractivity contribution in [1.29, 1.82) is 0 Å². The summed E-state index contributed by atoms with van der Waals surface area (Å²) in [5.74, 6) is -4.23. The molecule has 0 bridgehead atoms. The molecule has 1 aromatic rings. The lowest BCUT2D eigenvalue weighted by Gasteiger charge is -2.26. The number of nitrogens with two attached hydrogens (primary N) is 1. The molecular weight excluding hydrogens is 669 g/mol. The Kier molecular flexibility index (Phi) is 19.7. The van der Waals surface area contributed by atoms with Gasteiger partial charge in [-0.3, -0.25) is 13.9 Å². The second-order valence-corrected chi connectivity index (χ2v) is 13.8. The molecule has 5 atom stereocenters. The molecule has 0 aromatic carbocycles. The molecule has 1 aliphatic heterocycles. The number of ether oxygens (including phenoxy) is 1. The molecule has 0 spiro atoms. The number of anilines is 1. The minimum absolute atomic E-state index is 0.120. The number of alkyl halides is 2. The van der Waals surface area contributed by atoms with Crippen molar-refractivity contribution in [1.82, 2.24) is 14.9 Å². The zero-order valence-electron chi connectivity index (χ0n) is 29.2. The fourth-order valence-electron chi connectivity index (χ4n) is 4.85. The van der Waals surface area contributed by atoms with Crippen LogP contribution < -0.4 is 16.7 Å². The van der Waals surface area contributed by atoms with Crippen LogP contribution in [0.25, 0.3) is 0 Å². The first kappa shape index (κ1) is 42.7. The summed E-state index contributed by atoms with van der Waals surface area (Å²) in [4.78, 5) is 27.7. The van der Waals surface area contributed by atoms with Gasteiger partial charge in [-0.1, -0.05) is 79.8 Å². The first-order valence-corrected chi connectivity index (χ1v) is 18.7. The number of carbonyl (C=O) groups is 1. The molecule has 0 radical (unpaired) electrons. The van der Waals surface area contributed by atoms with Gasteiger partial charge in [-0.25, -0.2) is 4.79 Å². The number of nitrogen functional groups attached to an aromatic ring is 1. The highest BCUT2D eigenvalue weighted by Crippen LogP contribution is 2.52. The van der Waals surface area contributed by atoms with E-state index in [2.05, 4.69) is 78.0 Å². The van der Waals surface area contributed by atoms with Crippen molar-refractivity contribution >= 4 is 19.3 Å². The quantitative estimate of drug-likeness (QED) is 0.0619. The molecule has 0 saturated carbocycles. The van der Waals surface area contributed by atoms with Crippen molar-refractivity contribution in [2.45, 2.75) is 102 Å². The summed E-state index contributed by atoms with van der Waals surface area (Å²) in [6.07, 6.45) is 25.5. The van der Waals surface area contributed by atoms with E-state index in [1.165, 1.54) is 6.92 Å². The minimum Gasteiger partial charge on any atom is -0.384 e. The number of allylic oxidation sites excluding steroid dienone is 12. The maximum Gasteiger partial charge on any atom is 0.351 e. The normalized spacial score (nSPS) is 21.4. The lowest BCUT2D eigenvalue weighted by atomic mass is 10.1. The van der Waals surface area contributed by atoms with E-state index in [0.29, 0.717) is 11.0 Å². The average molecular weight is 723 g/mol. The molecule has 0 aliphatic carbocycles. The molecule has 11 nitrogen and oxygen atoms in total. The Morgan fingerprint density at radius 2 is 1.60 bits per heavy atom. The van der Waals surface area contributed by atoms with Gasteiger partial charge in [-0.2, -0.15) is 13.8 Å². The maximum absolute atomic E-state index is 14.9. The average Bonchev–Trinajstić information content (AvgIpc) is 3.32. The van der Waals surface area contributed by atoms with Gasteiger partial charge in [-0.05, 0) is 64.4 Å². The van der Waals surface area contributed by atoms with Crippen LogP contribution in [0.5, 0.6) is 0 Å². The number of hydrogen-bond acceptors (Lipinski definition) is 9. The van der Waals surface area contributed by atoms with Crippen LogP contribution in [-0.2, 0) is 23.1 Å². The maximum atomic E-state index is 14.9. The number of amides is 1. The number of rotatable bonds is 23. The third-order valence-corrected chi connectivity index (χ3v) is 9.63. The number of hydrogen-bond donors (Lipinski definition) is 3. The van der Waals surface area contributed by atoms with Gasteiger partial charge in [0.15, 0.2) is 6.10 Å². The van der Waals surface area contributed by atoms with Gasteiger partial charge in [0.2, 0.25) is 12.1 Å². The first-order chi connectivity index (χ1) is 23.9. The largest absolute Gasteiger partial charge is 0.384 e. The minimum atomic E-state index is -3.89. The van der Waals surface area contributed by atoms with Crippen molar-refractivity contribution < 1.29 is 37.0 Å². The smallest absolute Gasteiger partial charge is 0.351 e. The fourth-order valence-corrected chi connectivity index (χ4v) is 6.39. The van der Waals surface area contributed by atoms with E-state index in [0.717, 1.165) is 57.9 Å². The van der Waals surface area contributed by atoms with E-state index in [4.69, 9.17) is 19.5 Å². The molecule has 1 aromatic heterocycles. The molecule has 1 amide bonds. The van der Waals surface area contributed by atoms with Crippen LogP contribution in [0.4, 0.5) is 14.6 Å². The van der Waals surface area contributed by atoms with Gasteiger partial charge in [0.05, 0.1) is 12.3 Å². The summed E-state index contributed by atoms with van der Waals surface area (Å²) in [5.41, 5.74) is 4.34. The molecule has 2 heterocycles. The summed E-state index contributed by atoms with van der Waals surface area (Å²) in [5, 5.41) is 13.1. The third-order valence-electron chi connectivity index (χ3n) is 7.56. The number of halogens is 2. The Bertz CT molecular complexity index is 1460. The molecule has 2 unspecified atom stereocenters. The third kappa shape index (κ3) is 15.2. The lowest BCUT2D eigenvalue weighted by Crippen LogP contribution is -2.43. The predicted octanol–water partition coefficient (Wildman–Crippen LogP) is 6.95. The summed E-state index contributed by atoms with van der Waals surface area (Å²) in [7, 11) is -2.66. The van der Waals surface area contributed by atoms with Crippen LogP contribution in [-0.4, -0.2) is 64.6 Å². The van der Waals surface area contributed by atoms with Crippen molar-refractivity contribution in [3.05, 3.63) is 95.7 Å². The van der Waals surface area contributed by atoms with Gasteiger partial charge in [0, 0.05) is 26.3 Å². The number of aliphatic hydroxyl groups is 1. The summed E-state index contributed by atoms with van der Waals surface area (Å²) < 4.78 is 59.4. The van der Waals surface area contributed by atoms with Crippen LogP contribution in [0.1, 0.15) is 77.9 Å². The monoisotopic (exact) mass is 722 g/mol. The van der Waals surface area contributed by atoms with Gasteiger partial charge in [-0.15, -0.1) is 0 Å². The van der Waals surface area contributed by atoms with Crippen LogP contribution in [0.3, 0.4) is 0 Å². The number of carbonyl (C=O) groups excluding carboxylic acids is 1. The second kappa shape index (κ2) is 23.1. The predicted molar refractivity (Wildman–Crippen MR) is 193 cm³/mol. The lowest BCUT2D eigenvalue weighted by molar-refractivity contribution is -0.141. The molecule has 278 valence electrons. The fraction of sp³-hybridized carbons (Fsp3) is 0.528. The Morgan fingerprint density at radius 1 is 1.06 bits per heavy atom. The Morgan fingerprint density at radius 3 is 2.12 bits per heavy atom. The van der Waals surface area contributed by atoms with Crippen molar-refractivity contribution in [3.63, 3.8) is 0 Å². The van der Waals surface area contributed by atoms with Crippen LogP contribution in [0, 0.1) is 0 Å². The number of aliphatic hydroxyl groups excluding tert-OH is 1. The van der Waals surface area contributed by atoms with Crippen LogP contribution in [0.2, 0.25) is 0 Å². The second-order valence-electron chi connectivity index (χ2n) is 11.6. The number of nitrogens with one attached hydrogen (secondary N) is 1. The van der Waals surface area contributed by atoms with Crippen molar-refractivity contribution in [3.8, 4) is 0 Å². The van der Waals surface area contributed by atoms with Crippen LogP contribution >= 0.6 is 7.60 Å². The molecule has 1 fully saturated rings. The van der Waals surface area contributed by atoms with Gasteiger partial charge in [0.1, 0.15) is 11.9 Å². The molecular formula is C36H53F2N4O7P. The van der Waals surface area contributed by atoms with Gasteiger partial charge >= 0.3 is 19.2 Å². The Balaban J connectivity index is 1.62. The summed E-state index contributed by atoms with van der Waals surface area (Å²) >= 11 is 0. The Hall–Kier alpha value is -3.48. The molecule has 50 heavy (non-hydrogen) atoms. The van der Waals surface area contributed by atoms with E-state index >= 15 is 0 Å². The van der Waals surface area contributed by atoms with E-state index in [9.17, 15) is 28.0 Å². The molecule has 1 aliphatic rings. The highest BCUT2D eigenvalue weighted by Gasteiger charge is 2.61. The standard InChI is InChI=1S/C36H53F2N4O7P/c1-4-5-6-7-8-9-10-11-12-13-14-15-16-17-18-19-20-21-22-24-31(43)40-26-23-28-50(46,47-3)49-29(2)32-33(44)36(37,38)34(48-32)42-27-25-30(39)41-35(42)45/h5-6,8-9,11-12,14-15,17-18,20-21,25,27,29,32-34,44H,4,7,10,13,16,19,22-24,26,28H2,1-3H3,(H,40,43)(H2,39,41,45)/b6-5-,9-8-,12-11-,15-14-,18-17-,21-20-/t29?,32-,33-,34-,50?/m1/s1. The summed E-state index contributed by atoms with van der Waals surface area (Å²) in [6, 6.07) is 1.14. The molecule has 4 N–H and O–H groups in total. The van der Waals surface area contributed by atoms with Crippen molar-refractivity contribution in [2.75, 3.05) is 25.6 Å². The highest BCUT2D eigenvalue weighted by molar-refractivity contribution is 7.53. The van der Waals surface area contributed by atoms with Gasteiger partial charge in [0.25, 0.3) is 0 Å². The molecule has 1 saturated heterocycles. The van der Waals surface area contributed by atoms with Crippen molar-refractivity contribution in [2.24, 2.45) is 0 Å².